The second kappa shape index (κ2) is 5.68. The molecule has 2 unspecified atom stereocenters. The minimum Gasteiger partial charge on any atom is -0.379 e. The van der Waals surface area contributed by atoms with Crippen LogP contribution in [-0.4, -0.2) is 37.4 Å². The van der Waals surface area contributed by atoms with Crippen molar-refractivity contribution >= 4 is 0 Å². The maximum atomic E-state index is 5.40. The number of morpholine rings is 1. The van der Waals surface area contributed by atoms with Gasteiger partial charge in [-0.05, 0) is 24.2 Å². The number of nitrogens with one attached hydrogen (secondary N) is 1. The lowest BCUT2D eigenvalue weighted by atomic mass is 9.70. The lowest BCUT2D eigenvalue weighted by Crippen LogP contribution is -2.54. The Labute approximate surface area is 106 Å². The predicted octanol–water partition coefficient (Wildman–Crippen LogP) is 2.43. The van der Waals surface area contributed by atoms with E-state index in [0.29, 0.717) is 11.5 Å². The molecule has 0 aromatic heterocycles. The van der Waals surface area contributed by atoms with E-state index in [9.17, 15) is 0 Å². The summed E-state index contributed by atoms with van der Waals surface area (Å²) in [5.41, 5.74) is 4.19. The molecule has 1 aliphatic carbocycles. The van der Waals surface area contributed by atoms with Gasteiger partial charge in [-0.1, -0.05) is 33.6 Å². The molecular weight excluding hydrogens is 212 g/mol. The molecule has 2 rings (SSSR count). The van der Waals surface area contributed by atoms with Crippen LogP contribution in [0.1, 0.15) is 46.5 Å². The predicted molar refractivity (Wildman–Crippen MR) is 70.7 cm³/mol. The van der Waals surface area contributed by atoms with E-state index in [2.05, 4.69) is 31.2 Å². The number of hydrogen-bond donors (Lipinski definition) is 1. The van der Waals surface area contributed by atoms with Crippen molar-refractivity contribution < 1.29 is 4.74 Å². The topological polar surface area (TPSA) is 24.5 Å². The number of ether oxygens (including phenoxy) is 1. The average molecular weight is 240 g/mol. The Bertz CT molecular complexity index is 231. The molecule has 2 aliphatic rings. The zero-order valence-electron chi connectivity index (χ0n) is 11.7. The Morgan fingerprint density at radius 1 is 1.06 bits per heavy atom. The molecule has 1 aliphatic heterocycles. The lowest BCUT2D eigenvalue weighted by Gasteiger charge is -2.43. The monoisotopic (exact) mass is 240 g/mol. The molecule has 17 heavy (non-hydrogen) atoms. The molecule has 100 valence electrons. The zero-order chi connectivity index (χ0) is 12.3. The summed E-state index contributed by atoms with van der Waals surface area (Å²) in [5, 5.41) is 2.37. The molecule has 2 atom stereocenters. The van der Waals surface area contributed by atoms with E-state index < -0.39 is 0 Å². The van der Waals surface area contributed by atoms with Gasteiger partial charge in [-0.3, -0.25) is 5.43 Å². The van der Waals surface area contributed by atoms with Gasteiger partial charge in [0.25, 0.3) is 0 Å². The van der Waals surface area contributed by atoms with Crippen LogP contribution >= 0.6 is 0 Å². The molecule has 1 saturated heterocycles. The van der Waals surface area contributed by atoms with Crippen LogP contribution in [0, 0.1) is 11.3 Å². The van der Waals surface area contributed by atoms with Crippen LogP contribution in [0.25, 0.3) is 0 Å². The van der Waals surface area contributed by atoms with Gasteiger partial charge < -0.3 is 4.74 Å². The van der Waals surface area contributed by atoms with Crippen LogP contribution in [0.15, 0.2) is 0 Å². The number of nitrogens with zero attached hydrogens (tertiary/aromatic N) is 1. The van der Waals surface area contributed by atoms with Gasteiger partial charge in [0, 0.05) is 19.1 Å². The molecule has 3 heteroatoms. The minimum absolute atomic E-state index is 0.421. The Morgan fingerprint density at radius 3 is 2.35 bits per heavy atom. The largest absolute Gasteiger partial charge is 0.379 e. The fourth-order valence-corrected chi connectivity index (χ4v) is 3.25. The highest BCUT2D eigenvalue weighted by Crippen LogP contribution is 2.38. The number of rotatable bonds is 2. The van der Waals surface area contributed by atoms with Crippen molar-refractivity contribution in [2.45, 2.75) is 52.5 Å². The van der Waals surface area contributed by atoms with Gasteiger partial charge in [0.05, 0.1) is 13.2 Å². The van der Waals surface area contributed by atoms with E-state index >= 15 is 0 Å². The van der Waals surface area contributed by atoms with Gasteiger partial charge in [-0.15, -0.1) is 0 Å². The Morgan fingerprint density at radius 2 is 1.71 bits per heavy atom. The van der Waals surface area contributed by atoms with Crippen molar-refractivity contribution in [3.05, 3.63) is 0 Å². The molecule has 0 aromatic rings. The third kappa shape index (κ3) is 3.67. The van der Waals surface area contributed by atoms with Crippen molar-refractivity contribution in [3.8, 4) is 0 Å². The molecular formula is C14H28N2O. The zero-order valence-corrected chi connectivity index (χ0v) is 11.7. The fourth-order valence-electron chi connectivity index (χ4n) is 3.25. The van der Waals surface area contributed by atoms with Crippen LogP contribution in [0.4, 0.5) is 0 Å². The highest BCUT2D eigenvalue weighted by molar-refractivity contribution is 4.87. The summed E-state index contributed by atoms with van der Waals surface area (Å²) < 4.78 is 5.40. The molecule has 0 radical (unpaired) electrons. The van der Waals surface area contributed by atoms with Crippen LogP contribution in [0.5, 0.6) is 0 Å². The minimum atomic E-state index is 0.421. The summed E-state index contributed by atoms with van der Waals surface area (Å²) in [5.74, 6) is 0.805. The van der Waals surface area contributed by atoms with Crippen LogP contribution in [0.2, 0.25) is 0 Å². The van der Waals surface area contributed by atoms with Crippen molar-refractivity contribution in [1.82, 2.24) is 10.4 Å². The Hall–Kier alpha value is -0.120. The molecule has 0 amide bonds. The molecule has 1 N–H and O–H groups in total. The number of hydrazine groups is 1. The molecule has 2 fully saturated rings. The second-order valence-electron chi connectivity index (χ2n) is 6.59. The first-order valence-corrected chi connectivity index (χ1v) is 7.16. The van der Waals surface area contributed by atoms with Gasteiger partial charge >= 0.3 is 0 Å². The smallest absolute Gasteiger partial charge is 0.0608 e. The van der Waals surface area contributed by atoms with E-state index in [1.54, 1.807) is 0 Å². The third-order valence-corrected chi connectivity index (χ3v) is 4.24. The first kappa shape index (κ1) is 13.3. The van der Waals surface area contributed by atoms with Crippen molar-refractivity contribution in [2.24, 2.45) is 11.3 Å². The molecule has 0 aromatic carbocycles. The van der Waals surface area contributed by atoms with Crippen molar-refractivity contribution in [1.29, 1.82) is 0 Å². The Balaban J connectivity index is 1.91. The summed E-state index contributed by atoms with van der Waals surface area (Å²) >= 11 is 0. The van der Waals surface area contributed by atoms with E-state index in [1.807, 2.05) is 0 Å². The Kier molecular flexibility index (Phi) is 4.45. The average Bonchev–Trinajstić information content (AvgIpc) is 2.30. The standard InChI is InChI=1S/C14H28N2O/c1-14(2,3)12-6-4-5-7-13(12)15-16-8-10-17-11-9-16/h12-13,15H,4-11H2,1-3H3. The van der Waals surface area contributed by atoms with Gasteiger partial charge in [-0.25, -0.2) is 5.01 Å². The van der Waals surface area contributed by atoms with Crippen molar-refractivity contribution in [3.63, 3.8) is 0 Å². The summed E-state index contributed by atoms with van der Waals surface area (Å²) in [6.07, 6.45) is 5.50. The van der Waals surface area contributed by atoms with Crippen LogP contribution < -0.4 is 5.43 Å². The van der Waals surface area contributed by atoms with Gasteiger partial charge in [0.15, 0.2) is 0 Å². The van der Waals surface area contributed by atoms with Gasteiger partial charge in [0.1, 0.15) is 0 Å². The van der Waals surface area contributed by atoms with Crippen LogP contribution in [0.3, 0.4) is 0 Å². The molecule has 1 saturated carbocycles. The summed E-state index contributed by atoms with van der Waals surface area (Å²) in [6.45, 7) is 11.0. The van der Waals surface area contributed by atoms with Crippen molar-refractivity contribution in [2.75, 3.05) is 26.3 Å². The highest BCUT2D eigenvalue weighted by Gasteiger charge is 2.34. The van der Waals surface area contributed by atoms with E-state index in [1.165, 1.54) is 25.7 Å². The van der Waals surface area contributed by atoms with Crippen LogP contribution in [-0.2, 0) is 4.74 Å². The highest BCUT2D eigenvalue weighted by atomic mass is 16.5. The maximum Gasteiger partial charge on any atom is 0.0608 e. The third-order valence-electron chi connectivity index (χ3n) is 4.24. The molecule has 1 heterocycles. The normalized spacial score (nSPS) is 32.6. The van der Waals surface area contributed by atoms with E-state index in [-0.39, 0.29) is 0 Å². The maximum absolute atomic E-state index is 5.40. The first-order chi connectivity index (χ1) is 8.07. The number of hydrogen-bond acceptors (Lipinski definition) is 3. The quantitative estimate of drug-likeness (QED) is 0.802. The van der Waals surface area contributed by atoms with Gasteiger partial charge in [-0.2, -0.15) is 0 Å². The fraction of sp³-hybridized carbons (Fsp3) is 1.00. The summed E-state index contributed by atoms with van der Waals surface area (Å²) in [7, 11) is 0. The molecule has 0 spiro atoms. The van der Waals surface area contributed by atoms with E-state index in [0.717, 1.165) is 32.2 Å². The molecule has 0 bridgehead atoms. The molecule has 3 nitrogen and oxygen atoms in total. The van der Waals surface area contributed by atoms with Gasteiger partial charge in [0.2, 0.25) is 0 Å². The lowest BCUT2D eigenvalue weighted by molar-refractivity contribution is -0.0165. The van der Waals surface area contributed by atoms with E-state index in [4.69, 9.17) is 4.74 Å². The summed E-state index contributed by atoms with van der Waals surface area (Å²) in [6, 6.07) is 0.668. The summed E-state index contributed by atoms with van der Waals surface area (Å²) in [4.78, 5) is 0. The SMILES string of the molecule is CC(C)(C)C1CCCCC1NN1CCOCC1. The second-order valence-corrected chi connectivity index (χ2v) is 6.59. The first-order valence-electron chi connectivity index (χ1n) is 7.16.